The number of rotatable bonds is 3. The zero-order valence-corrected chi connectivity index (χ0v) is 15.1. The maximum atomic E-state index is 12.8. The Morgan fingerprint density at radius 1 is 1.00 bits per heavy atom. The van der Waals surface area contributed by atoms with Gasteiger partial charge in [0.05, 0.1) is 4.53 Å². The average molecular weight is 388 g/mol. The van der Waals surface area contributed by atoms with Gasteiger partial charge in [0.1, 0.15) is 5.82 Å². The van der Waals surface area contributed by atoms with E-state index in [4.69, 9.17) is 23.2 Å². The average Bonchev–Trinajstić information content (AvgIpc) is 3.13. The molecule has 0 atom stereocenters. The normalized spacial score (nSPS) is 12.2. The van der Waals surface area contributed by atoms with Crippen molar-refractivity contribution in [3.05, 3.63) is 90.4 Å². The molecule has 2 aromatic heterocycles. The zero-order valence-electron chi connectivity index (χ0n) is 12.8. The van der Waals surface area contributed by atoms with Gasteiger partial charge in [-0.05, 0) is 23.8 Å². The lowest BCUT2D eigenvalue weighted by atomic mass is 10.1. The van der Waals surface area contributed by atoms with E-state index in [0.717, 1.165) is 5.56 Å². The van der Waals surface area contributed by atoms with Crippen molar-refractivity contribution in [3.8, 4) is 0 Å². The summed E-state index contributed by atoms with van der Waals surface area (Å²) in [5.41, 5.74) is 1.54. The predicted molar refractivity (Wildman–Crippen MR) is 102 cm³/mol. The number of nitrogens with zero attached hydrogens (tertiary/aromatic N) is 3. The lowest BCUT2D eigenvalue weighted by molar-refractivity contribution is 0.918. The molecule has 0 N–H and O–H groups in total. The van der Waals surface area contributed by atoms with Crippen LogP contribution >= 0.6 is 34.5 Å². The maximum absolute atomic E-state index is 12.8. The van der Waals surface area contributed by atoms with E-state index >= 15 is 0 Å². The van der Waals surface area contributed by atoms with Gasteiger partial charge in [-0.25, -0.2) is 4.40 Å². The minimum Gasteiger partial charge on any atom is -0.267 e. The number of benzene rings is 2. The summed E-state index contributed by atoms with van der Waals surface area (Å²) in [4.78, 5) is 13.4. The quantitative estimate of drug-likeness (QED) is 0.539. The van der Waals surface area contributed by atoms with Crippen LogP contribution < -0.4 is 10.1 Å². The standard InChI is InChI=1S/C18H11Cl2N3OS/c19-13-7-4-8-14(20)12(13)10-15-17(24)23-16(21-22-18(23)25-15)9-11-5-2-1-3-6-11/h1-8,10H,9H2/b15-10-. The molecule has 2 aromatic carbocycles. The Morgan fingerprint density at radius 3 is 2.44 bits per heavy atom. The molecule has 0 spiro atoms. The molecule has 0 aliphatic rings. The molecule has 7 heteroatoms. The third-order valence-electron chi connectivity index (χ3n) is 3.80. The summed E-state index contributed by atoms with van der Waals surface area (Å²) in [6.07, 6.45) is 2.25. The molecule has 0 amide bonds. The van der Waals surface area contributed by atoms with Crippen LogP contribution in [-0.2, 0) is 6.42 Å². The van der Waals surface area contributed by atoms with E-state index in [9.17, 15) is 4.79 Å². The molecule has 4 aromatic rings. The van der Waals surface area contributed by atoms with Crippen molar-refractivity contribution >= 4 is 45.6 Å². The Bertz CT molecular complexity index is 1150. The van der Waals surface area contributed by atoms with E-state index in [1.54, 1.807) is 28.7 Å². The smallest absolute Gasteiger partial charge is 0.267 e. The van der Waals surface area contributed by atoms with Crippen molar-refractivity contribution in [2.75, 3.05) is 0 Å². The first-order chi connectivity index (χ1) is 12.1. The van der Waals surface area contributed by atoms with Crippen LogP contribution in [-0.4, -0.2) is 14.6 Å². The summed E-state index contributed by atoms with van der Waals surface area (Å²) in [7, 11) is 0. The lowest BCUT2D eigenvalue weighted by Crippen LogP contribution is -2.24. The monoisotopic (exact) mass is 387 g/mol. The van der Waals surface area contributed by atoms with Gasteiger partial charge in [0.25, 0.3) is 5.56 Å². The molecule has 0 bridgehead atoms. The zero-order chi connectivity index (χ0) is 17.4. The van der Waals surface area contributed by atoms with E-state index in [1.807, 2.05) is 30.3 Å². The highest BCUT2D eigenvalue weighted by atomic mass is 35.5. The van der Waals surface area contributed by atoms with Crippen LogP contribution in [0.5, 0.6) is 0 Å². The molecule has 0 saturated heterocycles. The van der Waals surface area contributed by atoms with E-state index in [-0.39, 0.29) is 5.56 Å². The second kappa shape index (κ2) is 6.59. The highest BCUT2D eigenvalue weighted by Gasteiger charge is 2.13. The number of thiazole rings is 1. The molecular formula is C18H11Cl2N3OS. The van der Waals surface area contributed by atoms with Gasteiger partial charge in [-0.3, -0.25) is 4.79 Å². The third kappa shape index (κ3) is 3.06. The van der Waals surface area contributed by atoms with E-state index in [0.29, 0.717) is 37.3 Å². The van der Waals surface area contributed by atoms with E-state index in [2.05, 4.69) is 10.2 Å². The molecule has 0 saturated carbocycles. The molecule has 2 heterocycles. The molecule has 0 aliphatic carbocycles. The minimum absolute atomic E-state index is 0.160. The van der Waals surface area contributed by atoms with Crippen molar-refractivity contribution in [2.24, 2.45) is 0 Å². The molecule has 4 nitrogen and oxygen atoms in total. The van der Waals surface area contributed by atoms with Crippen LogP contribution in [0.4, 0.5) is 0 Å². The number of halogens is 2. The molecule has 4 rings (SSSR count). The molecule has 0 aliphatic heterocycles. The van der Waals surface area contributed by atoms with Crippen LogP contribution in [0.25, 0.3) is 11.0 Å². The van der Waals surface area contributed by atoms with Crippen molar-refractivity contribution in [1.82, 2.24) is 14.6 Å². The molecule has 0 unspecified atom stereocenters. The fraction of sp³-hybridized carbons (Fsp3) is 0.0556. The minimum atomic E-state index is -0.160. The first-order valence-electron chi connectivity index (χ1n) is 7.50. The van der Waals surface area contributed by atoms with Crippen LogP contribution in [0.2, 0.25) is 10.0 Å². The van der Waals surface area contributed by atoms with E-state index < -0.39 is 0 Å². The van der Waals surface area contributed by atoms with Crippen LogP contribution in [0.3, 0.4) is 0 Å². The van der Waals surface area contributed by atoms with Crippen molar-refractivity contribution in [1.29, 1.82) is 0 Å². The number of hydrogen-bond donors (Lipinski definition) is 0. The van der Waals surface area contributed by atoms with Gasteiger partial charge >= 0.3 is 0 Å². The molecule has 124 valence electrons. The fourth-order valence-corrected chi connectivity index (χ4v) is 4.01. The second-order valence-electron chi connectivity index (χ2n) is 5.45. The Balaban J connectivity index is 1.84. The highest BCUT2D eigenvalue weighted by Crippen LogP contribution is 2.24. The van der Waals surface area contributed by atoms with E-state index in [1.165, 1.54) is 11.3 Å². The summed E-state index contributed by atoms with van der Waals surface area (Å²) in [6.45, 7) is 0. The Labute approximate surface area is 157 Å². The third-order valence-corrected chi connectivity index (χ3v) is 5.41. The van der Waals surface area contributed by atoms with Gasteiger partial charge in [-0.2, -0.15) is 0 Å². The predicted octanol–water partition coefficient (Wildman–Crippen LogP) is 3.60. The fourth-order valence-electron chi connectivity index (χ4n) is 2.59. The topological polar surface area (TPSA) is 47.3 Å². The molecular weight excluding hydrogens is 377 g/mol. The molecule has 0 fully saturated rings. The highest BCUT2D eigenvalue weighted by molar-refractivity contribution is 7.15. The molecule has 25 heavy (non-hydrogen) atoms. The lowest BCUT2D eigenvalue weighted by Gasteiger charge is -1.99. The van der Waals surface area contributed by atoms with Crippen LogP contribution in [0.1, 0.15) is 17.0 Å². The number of fused-ring (bicyclic) bond motifs is 1. The largest absolute Gasteiger partial charge is 0.275 e. The number of hydrogen-bond acceptors (Lipinski definition) is 4. The Hall–Kier alpha value is -2.21. The Morgan fingerprint density at radius 2 is 1.72 bits per heavy atom. The van der Waals surface area contributed by atoms with Crippen LogP contribution in [0, 0.1) is 0 Å². The Kier molecular flexibility index (Phi) is 4.29. The summed E-state index contributed by atoms with van der Waals surface area (Å²) < 4.78 is 2.07. The van der Waals surface area contributed by atoms with Crippen molar-refractivity contribution < 1.29 is 0 Å². The summed E-state index contributed by atoms with van der Waals surface area (Å²) in [6, 6.07) is 15.1. The van der Waals surface area contributed by atoms with Gasteiger partial charge in [0, 0.05) is 22.0 Å². The van der Waals surface area contributed by atoms with Gasteiger partial charge in [-0.1, -0.05) is 70.9 Å². The summed E-state index contributed by atoms with van der Waals surface area (Å²) >= 11 is 13.7. The van der Waals surface area contributed by atoms with Crippen molar-refractivity contribution in [2.45, 2.75) is 6.42 Å². The SMILES string of the molecule is O=c1/c(=C/c2c(Cl)cccc2Cl)sc2nnc(Cc3ccccc3)n12. The van der Waals surface area contributed by atoms with Gasteiger partial charge in [-0.15, -0.1) is 10.2 Å². The van der Waals surface area contributed by atoms with Crippen LogP contribution in [0.15, 0.2) is 53.3 Å². The van der Waals surface area contributed by atoms with Crippen molar-refractivity contribution in [3.63, 3.8) is 0 Å². The first kappa shape index (κ1) is 16.3. The summed E-state index contributed by atoms with van der Waals surface area (Å²) in [5, 5.41) is 9.28. The van der Waals surface area contributed by atoms with Gasteiger partial charge in [0.15, 0.2) is 0 Å². The van der Waals surface area contributed by atoms with Gasteiger partial charge in [0.2, 0.25) is 4.96 Å². The maximum Gasteiger partial charge on any atom is 0.275 e. The second-order valence-corrected chi connectivity index (χ2v) is 7.27. The molecule has 0 radical (unpaired) electrons. The first-order valence-corrected chi connectivity index (χ1v) is 9.07. The van der Waals surface area contributed by atoms with Gasteiger partial charge < -0.3 is 0 Å². The summed E-state index contributed by atoms with van der Waals surface area (Å²) in [5.74, 6) is 0.618. The number of aromatic nitrogens is 3.